The number of hydrogen-bond acceptors (Lipinski definition) is 4. The van der Waals surface area contributed by atoms with Crippen LogP contribution in [0, 0.1) is 0 Å². The lowest BCUT2D eigenvalue weighted by atomic mass is 9.78. The zero-order valence-corrected chi connectivity index (χ0v) is 25.2. The van der Waals surface area contributed by atoms with Crippen molar-refractivity contribution in [2.75, 3.05) is 9.80 Å². The molecule has 0 bridgehead atoms. The Morgan fingerprint density at radius 2 is 0.788 bits per heavy atom. The number of carbonyl (C=O) groups excluding carboxylic acids is 4. The molecular formula is C23H22Br4N2O4. The fraction of sp³-hybridized carbons (Fsp3) is 0.304. The van der Waals surface area contributed by atoms with Gasteiger partial charge in [-0.2, -0.15) is 0 Å². The van der Waals surface area contributed by atoms with Crippen molar-refractivity contribution in [3.8, 4) is 0 Å². The Bertz CT molecular complexity index is 1010. The topological polar surface area (TPSA) is 74.8 Å². The Morgan fingerprint density at radius 3 is 0.970 bits per heavy atom. The van der Waals surface area contributed by atoms with E-state index in [0.29, 0.717) is 29.3 Å². The van der Waals surface area contributed by atoms with Gasteiger partial charge in [-0.3, -0.25) is 19.2 Å². The van der Waals surface area contributed by atoms with Crippen LogP contribution in [0.25, 0.3) is 0 Å². The molecule has 0 saturated heterocycles. The molecule has 6 nitrogen and oxygen atoms in total. The van der Waals surface area contributed by atoms with Gasteiger partial charge in [0, 0.05) is 51.0 Å². The Kier molecular flexibility index (Phi) is 8.87. The summed E-state index contributed by atoms with van der Waals surface area (Å²) in [7, 11) is 0. The number of carbonyl (C=O) groups is 4. The summed E-state index contributed by atoms with van der Waals surface area (Å²) < 4.78 is 2.33. The quantitative estimate of drug-likeness (QED) is 0.348. The minimum Gasteiger partial charge on any atom is -0.274 e. The molecule has 0 aromatic heterocycles. The summed E-state index contributed by atoms with van der Waals surface area (Å²) in [5, 5.41) is 0. The van der Waals surface area contributed by atoms with Gasteiger partial charge in [0.2, 0.25) is 23.6 Å². The highest BCUT2D eigenvalue weighted by molar-refractivity contribution is 9.11. The first kappa shape index (κ1) is 27.9. The summed E-state index contributed by atoms with van der Waals surface area (Å²) in [5.41, 5.74) is 2.15. The third-order valence-electron chi connectivity index (χ3n) is 5.18. The van der Waals surface area contributed by atoms with E-state index in [1.807, 2.05) is 38.1 Å². The maximum absolute atomic E-state index is 12.1. The highest BCUT2D eigenvalue weighted by Gasteiger charge is 2.30. The van der Waals surface area contributed by atoms with Crippen LogP contribution >= 0.6 is 63.7 Å². The van der Waals surface area contributed by atoms with Crippen LogP contribution in [0.5, 0.6) is 0 Å². The molecule has 2 aromatic rings. The zero-order valence-electron chi connectivity index (χ0n) is 18.8. The second-order valence-electron chi connectivity index (χ2n) is 7.95. The van der Waals surface area contributed by atoms with E-state index < -0.39 is 5.41 Å². The Labute approximate surface area is 226 Å². The van der Waals surface area contributed by atoms with Gasteiger partial charge in [0.1, 0.15) is 0 Å². The molecule has 0 aliphatic heterocycles. The molecule has 0 aliphatic carbocycles. The lowest BCUT2D eigenvalue weighted by Crippen LogP contribution is -2.34. The van der Waals surface area contributed by atoms with Crippen molar-refractivity contribution in [2.45, 2.75) is 47.0 Å². The summed E-state index contributed by atoms with van der Waals surface area (Å²) >= 11 is 14.1. The van der Waals surface area contributed by atoms with E-state index in [1.165, 1.54) is 27.7 Å². The number of rotatable bonds is 4. The monoisotopic (exact) mass is 706 g/mol. The smallest absolute Gasteiger partial charge is 0.230 e. The van der Waals surface area contributed by atoms with E-state index in [9.17, 15) is 19.2 Å². The first-order valence-electron chi connectivity index (χ1n) is 9.72. The highest BCUT2D eigenvalue weighted by atomic mass is 79.9. The van der Waals surface area contributed by atoms with Crippen LogP contribution in [-0.4, -0.2) is 23.6 Å². The molecule has 0 spiro atoms. The predicted molar refractivity (Wildman–Crippen MR) is 143 cm³/mol. The van der Waals surface area contributed by atoms with Crippen LogP contribution < -0.4 is 9.80 Å². The van der Waals surface area contributed by atoms with Gasteiger partial charge in [0.05, 0.1) is 11.4 Å². The molecule has 4 amide bonds. The zero-order chi connectivity index (χ0) is 25.4. The van der Waals surface area contributed by atoms with Gasteiger partial charge in [-0.25, -0.2) is 9.80 Å². The second-order valence-corrected chi connectivity index (χ2v) is 11.4. The molecule has 0 atom stereocenters. The third-order valence-corrected chi connectivity index (χ3v) is 7.60. The Balaban J connectivity index is 2.66. The number of imide groups is 2. The molecule has 2 aromatic carbocycles. The average molecular weight is 710 g/mol. The van der Waals surface area contributed by atoms with Crippen LogP contribution in [0.1, 0.15) is 52.7 Å². The van der Waals surface area contributed by atoms with E-state index in [-0.39, 0.29) is 23.6 Å². The normalized spacial score (nSPS) is 11.2. The Hall–Kier alpha value is -1.36. The molecule has 0 N–H and O–H groups in total. The van der Waals surface area contributed by atoms with E-state index in [0.717, 1.165) is 20.9 Å². The van der Waals surface area contributed by atoms with Gasteiger partial charge in [-0.05, 0) is 99.1 Å². The molecular weight excluding hydrogens is 688 g/mol. The first-order valence-corrected chi connectivity index (χ1v) is 12.9. The van der Waals surface area contributed by atoms with Gasteiger partial charge < -0.3 is 0 Å². The molecule has 176 valence electrons. The summed E-state index contributed by atoms with van der Waals surface area (Å²) in [6.07, 6.45) is 0. The molecule has 0 unspecified atom stereocenters. The molecule has 0 fully saturated rings. The van der Waals surface area contributed by atoms with Crippen molar-refractivity contribution in [2.24, 2.45) is 0 Å². The van der Waals surface area contributed by atoms with Crippen molar-refractivity contribution >= 4 is 98.7 Å². The molecule has 10 heteroatoms. The number of benzene rings is 2. The lowest BCUT2D eigenvalue weighted by molar-refractivity contribution is -0.125. The minimum atomic E-state index is -0.526. The van der Waals surface area contributed by atoms with E-state index >= 15 is 0 Å². The summed E-state index contributed by atoms with van der Waals surface area (Å²) in [6, 6.07) is 7.47. The molecule has 2 rings (SSSR count). The van der Waals surface area contributed by atoms with Crippen LogP contribution in [0.2, 0.25) is 0 Å². The largest absolute Gasteiger partial charge is 0.274 e. The second kappa shape index (κ2) is 10.5. The van der Waals surface area contributed by atoms with E-state index in [2.05, 4.69) is 63.7 Å². The number of amides is 4. The standard InChI is InChI=1S/C23H22Br4N2O4/c1-11(30)28(12(2)31)21-17(24)7-15(8-18(21)25)23(5,6)16-9-19(26)22(20(27)10-16)29(13(3)32)14(4)33/h7-10H,1-6H3. The van der Waals surface area contributed by atoms with Crippen molar-refractivity contribution in [3.63, 3.8) is 0 Å². The predicted octanol–water partition coefficient (Wildman–Crippen LogP) is 6.86. The third kappa shape index (κ3) is 5.66. The van der Waals surface area contributed by atoms with Crippen molar-refractivity contribution in [1.82, 2.24) is 0 Å². The fourth-order valence-corrected chi connectivity index (χ4v) is 6.60. The Morgan fingerprint density at radius 1 is 0.576 bits per heavy atom. The number of anilines is 2. The minimum absolute atomic E-state index is 0.389. The number of nitrogens with zero attached hydrogens (tertiary/aromatic N) is 2. The summed E-state index contributed by atoms with van der Waals surface area (Å²) in [4.78, 5) is 50.4. The van der Waals surface area contributed by atoms with Gasteiger partial charge in [-0.15, -0.1) is 0 Å². The van der Waals surface area contributed by atoms with Crippen LogP contribution in [-0.2, 0) is 24.6 Å². The van der Waals surface area contributed by atoms with Crippen molar-refractivity contribution in [1.29, 1.82) is 0 Å². The molecule has 0 saturated carbocycles. The summed E-state index contributed by atoms with van der Waals surface area (Å²) in [5.74, 6) is -1.56. The van der Waals surface area contributed by atoms with Crippen molar-refractivity contribution in [3.05, 3.63) is 53.3 Å². The van der Waals surface area contributed by atoms with E-state index in [1.54, 1.807) is 0 Å². The van der Waals surface area contributed by atoms with Crippen LogP contribution in [0.15, 0.2) is 42.2 Å². The molecule has 0 aliphatic rings. The van der Waals surface area contributed by atoms with Gasteiger partial charge in [-0.1, -0.05) is 13.8 Å². The molecule has 33 heavy (non-hydrogen) atoms. The van der Waals surface area contributed by atoms with Crippen LogP contribution in [0.4, 0.5) is 11.4 Å². The maximum atomic E-state index is 12.1. The van der Waals surface area contributed by atoms with Crippen LogP contribution in [0.3, 0.4) is 0 Å². The summed E-state index contributed by atoms with van der Waals surface area (Å²) in [6.45, 7) is 9.38. The number of halogens is 4. The van der Waals surface area contributed by atoms with Gasteiger partial charge >= 0.3 is 0 Å². The first-order chi connectivity index (χ1) is 15.1. The van der Waals surface area contributed by atoms with Gasteiger partial charge in [0.15, 0.2) is 0 Å². The lowest BCUT2D eigenvalue weighted by Gasteiger charge is -2.30. The highest BCUT2D eigenvalue weighted by Crippen LogP contribution is 2.44. The molecule has 0 radical (unpaired) electrons. The van der Waals surface area contributed by atoms with Gasteiger partial charge in [0.25, 0.3) is 0 Å². The average Bonchev–Trinajstić information content (AvgIpc) is 2.65. The number of hydrogen-bond donors (Lipinski definition) is 0. The fourth-order valence-electron chi connectivity index (χ4n) is 3.52. The molecule has 0 heterocycles. The maximum Gasteiger partial charge on any atom is 0.230 e. The van der Waals surface area contributed by atoms with E-state index in [4.69, 9.17) is 0 Å². The van der Waals surface area contributed by atoms with Crippen molar-refractivity contribution < 1.29 is 19.2 Å². The SMILES string of the molecule is CC(=O)N(C(C)=O)c1c(Br)cc(C(C)(C)c2cc(Br)c(N(C(C)=O)C(C)=O)c(Br)c2)cc1Br.